The highest BCUT2D eigenvalue weighted by Crippen LogP contribution is 2.59. The van der Waals surface area contributed by atoms with Gasteiger partial charge in [0.05, 0.1) is 32.5 Å². The van der Waals surface area contributed by atoms with Crippen LogP contribution in [-0.2, 0) is 53.5 Å². The van der Waals surface area contributed by atoms with E-state index < -0.39 is 22.2 Å². The number of carbonyl (C=O) groups excluding carboxylic acids is 1. The molecule has 2 bridgehead atoms. The van der Waals surface area contributed by atoms with Crippen LogP contribution in [-0.4, -0.2) is 74.7 Å². The fourth-order valence-corrected chi connectivity index (χ4v) is 14.1. The number of likely N-dealkylation sites (N-methyl/N-ethyl adjacent to an activating group) is 1. The molecule has 0 unspecified atom stereocenters. The molecule has 1 amide bonds. The van der Waals surface area contributed by atoms with Crippen LogP contribution < -0.4 is 4.74 Å². The monoisotopic (exact) mass is 854 g/mol. The number of ether oxygens (including phenoxy) is 2. The van der Waals surface area contributed by atoms with Gasteiger partial charge < -0.3 is 18.8 Å². The van der Waals surface area contributed by atoms with Gasteiger partial charge >= 0.3 is 13.9 Å². The first kappa shape index (κ1) is 44.3. The Kier molecular flexibility index (Phi) is 14.7. The summed E-state index contributed by atoms with van der Waals surface area (Å²) in [5.74, 6) is 0.711. The van der Waals surface area contributed by atoms with Gasteiger partial charge in [0.25, 0.3) is 0 Å². The predicted octanol–water partition coefficient (Wildman–Crippen LogP) is 10.8. The van der Waals surface area contributed by atoms with E-state index >= 15 is 4.57 Å². The number of rotatable bonds is 19. The van der Waals surface area contributed by atoms with Crippen LogP contribution in [0.15, 0.2) is 115 Å². The largest absolute Gasteiger partial charge is 0.497 e. The van der Waals surface area contributed by atoms with Crippen molar-refractivity contribution in [1.29, 1.82) is 0 Å². The van der Waals surface area contributed by atoms with E-state index in [1.165, 1.54) is 5.56 Å². The van der Waals surface area contributed by atoms with Crippen molar-refractivity contribution in [3.63, 3.8) is 0 Å². The summed E-state index contributed by atoms with van der Waals surface area (Å²) in [6.45, 7) is 7.91. The van der Waals surface area contributed by atoms with Gasteiger partial charge in [0.15, 0.2) is 8.32 Å². The normalized spacial score (nSPS) is 24.1. The quantitative estimate of drug-likeness (QED) is 0.0675. The lowest BCUT2D eigenvalue weighted by Gasteiger charge is -2.59. The summed E-state index contributed by atoms with van der Waals surface area (Å²) in [5.41, 5.74) is 3.68. The van der Waals surface area contributed by atoms with Crippen molar-refractivity contribution < 1.29 is 36.8 Å². The minimum atomic E-state index is -4.10. The van der Waals surface area contributed by atoms with Crippen LogP contribution >= 0.6 is 7.82 Å². The SMILES string of the molecule is CC[Si](CC)(CC)O[C@H]1[C@H]2C[C@@]3(CC[C@@H]2OP(=O)(OCc2ccccc2)OCc2ccccc2)C[C@H](N(C)C(=O)OCc2ccccc2)CN3[C@H]1Cc1ccc(OC)cc1. The molecular weight excluding hydrogens is 792 g/mol. The average molecular weight is 855 g/mol. The standard InChI is InChI=1S/C48H63N2O8PSi/c1-6-60(7-2,8-3)58-46-43-32-48(29-28-45(43)57-59(52,55-35-39-20-14-10-15-21-39)56-36-40-22-16-11-17-23-40)31-41(49(4)47(51)54-34-38-18-12-9-13-19-38)33-50(48)44(46)30-37-24-26-42(53-5)27-25-37/h9-27,41,43-46H,6-8,28-36H2,1-5H3/t41-,43-,44-,45-,46-,48+/m0/s1. The van der Waals surface area contributed by atoms with E-state index in [2.05, 4.69) is 37.8 Å². The Hall–Kier alpha value is -3.80. The number of hydrogen-bond acceptors (Lipinski definition) is 9. The topological polar surface area (TPSA) is 96.0 Å². The van der Waals surface area contributed by atoms with Gasteiger partial charge in [0.1, 0.15) is 12.4 Å². The zero-order valence-corrected chi connectivity index (χ0v) is 37.8. The zero-order valence-electron chi connectivity index (χ0n) is 35.9. The molecule has 1 spiro atoms. The molecule has 1 aliphatic carbocycles. The van der Waals surface area contributed by atoms with Crippen LogP contribution in [0, 0.1) is 5.92 Å². The lowest BCUT2D eigenvalue weighted by atomic mass is 9.65. The summed E-state index contributed by atoms with van der Waals surface area (Å²) in [4.78, 5) is 18.2. The molecule has 4 aromatic carbocycles. The first-order chi connectivity index (χ1) is 29.1. The van der Waals surface area contributed by atoms with Crippen molar-refractivity contribution in [3.05, 3.63) is 138 Å². The number of methoxy groups -OCH3 is 1. The number of hydrogen-bond donors (Lipinski definition) is 0. The van der Waals surface area contributed by atoms with Crippen molar-refractivity contribution in [1.82, 2.24) is 9.80 Å². The van der Waals surface area contributed by atoms with Gasteiger partial charge in [-0.25, -0.2) is 9.36 Å². The second kappa shape index (κ2) is 19.9. The Balaban J connectivity index is 1.23. The molecule has 1 saturated carbocycles. The Bertz CT molecular complexity index is 1950. The number of phosphoric acid groups is 1. The summed E-state index contributed by atoms with van der Waals surface area (Å²) in [5, 5.41) is 0. The molecule has 3 aliphatic rings. The van der Waals surface area contributed by atoms with E-state index in [4.69, 9.17) is 27.5 Å². The molecule has 7 rings (SSSR count). The first-order valence-electron chi connectivity index (χ1n) is 21.8. The Morgan fingerprint density at radius 2 is 1.32 bits per heavy atom. The van der Waals surface area contributed by atoms with Crippen LogP contribution in [0.2, 0.25) is 18.1 Å². The van der Waals surface area contributed by atoms with Crippen LogP contribution in [0.5, 0.6) is 5.75 Å². The maximum atomic E-state index is 15.0. The molecule has 60 heavy (non-hydrogen) atoms. The van der Waals surface area contributed by atoms with Gasteiger partial charge in [-0.05, 0) is 84.6 Å². The molecular formula is C48H63N2O8PSi. The lowest BCUT2D eigenvalue weighted by Crippen LogP contribution is -2.68. The van der Waals surface area contributed by atoms with Crippen molar-refractivity contribution in [2.24, 2.45) is 5.92 Å². The van der Waals surface area contributed by atoms with Crippen LogP contribution in [0.1, 0.15) is 68.7 Å². The van der Waals surface area contributed by atoms with E-state index in [-0.39, 0.29) is 55.6 Å². The number of fused-ring (bicyclic) bond motifs is 1. The maximum absolute atomic E-state index is 15.0. The van der Waals surface area contributed by atoms with Crippen LogP contribution in [0.4, 0.5) is 4.79 Å². The third-order valence-corrected chi connectivity index (χ3v) is 19.6. The van der Waals surface area contributed by atoms with Crippen molar-refractivity contribution in [3.8, 4) is 5.75 Å². The molecule has 6 atom stereocenters. The first-order valence-corrected chi connectivity index (χ1v) is 25.8. The van der Waals surface area contributed by atoms with Crippen LogP contribution in [0.3, 0.4) is 0 Å². The molecule has 322 valence electrons. The number of carbonyl (C=O) groups is 1. The zero-order chi connectivity index (χ0) is 42.2. The third-order valence-electron chi connectivity index (χ3n) is 13.5. The van der Waals surface area contributed by atoms with Crippen molar-refractivity contribution in [2.75, 3.05) is 20.7 Å². The molecule has 2 aliphatic heterocycles. The number of amides is 1. The third kappa shape index (κ3) is 10.3. The molecule has 12 heteroatoms. The van der Waals surface area contributed by atoms with E-state index in [0.717, 1.165) is 66.3 Å². The smallest absolute Gasteiger partial charge is 0.475 e. The van der Waals surface area contributed by atoms with Crippen LogP contribution in [0.25, 0.3) is 0 Å². The van der Waals surface area contributed by atoms with E-state index in [9.17, 15) is 4.79 Å². The molecule has 2 saturated heterocycles. The number of piperidine rings is 1. The van der Waals surface area contributed by atoms with Gasteiger partial charge in [-0.15, -0.1) is 0 Å². The summed E-state index contributed by atoms with van der Waals surface area (Å²) in [6.07, 6.45) is 2.78. The highest BCUT2D eigenvalue weighted by Gasteiger charge is 2.62. The van der Waals surface area contributed by atoms with Gasteiger partial charge in [0, 0.05) is 37.1 Å². The lowest BCUT2D eigenvalue weighted by molar-refractivity contribution is -0.140. The highest BCUT2D eigenvalue weighted by atomic mass is 31.2. The summed E-state index contributed by atoms with van der Waals surface area (Å²) >= 11 is 0. The molecule has 3 fully saturated rings. The molecule has 0 aromatic heterocycles. The summed E-state index contributed by atoms with van der Waals surface area (Å²) in [6, 6.07) is 40.5. The van der Waals surface area contributed by atoms with Crippen molar-refractivity contribution in [2.45, 2.75) is 121 Å². The average Bonchev–Trinajstić information content (AvgIpc) is 3.67. The second-order valence-electron chi connectivity index (χ2n) is 16.8. The van der Waals surface area contributed by atoms with Gasteiger partial charge in [0.2, 0.25) is 0 Å². The Morgan fingerprint density at radius 3 is 1.85 bits per heavy atom. The Labute approximate surface area is 358 Å². The second-order valence-corrected chi connectivity index (χ2v) is 23.2. The van der Waals surface area contributed by atoms with E-state index in [1.54, 1.807) is 12.0 Å². The summed E-state index contributed by atoms with van der Waals surface area (Å²) in [7, 11) is -2.75. The molecule has 0 radical (unpaired) electrons. The predicted molar refractivity (Wildman–Crippen MR) is 237 cm³/mol. The van der Waals surface area contributed by atoms with Gasteiger partial charge in [-0.3, -0.25) is 18.5 Å². The minimum absolute atomic E-state index is 0.0336. The van der Waals surface area contributed by atoms with E-state index in [0.29, 0.717) is 13.0 Å². The van der Waals surface area contributed by atoms with Gasteiger partial charge in [-0.2, -0.15) is 0 Å². The molecule has 4 aromatic rings. The molecule has 2 heterocycles. The number of phosphoric ester groups is 1. The fourth-order valence-electron chi connectivity index (χ4n) is 9.83. The fraction of sp³-hybridized carbons (Fsp3) is 0.479. The minimum Gasteiger partial charge on any atom is -0.497 e. The van der Waals surface area contributed by atoms with E-state index in [1.807, 2.05) is 110 Å². The Morgan fingerprint density at radius 1 is 0.767 bits per heavy atom. The summed E-state index contributed by atoms with van der Waals surface area (Å²) < 4.78 is 53.4. The highest BCUT2D eigenvalue weighted by molar-refractivity contribution is 7.48. The number of benzene rings is 4. The van der Waals surface area contributed by atoms with Crippen molar-refractivity contribution >= 4 is 22.2 Å². The molecule has 0 N–H and O–H groups in total. The maximum Gasteiger partial charge on any atom is 0.475 e. The number of nitrogens with zero attached hydrogens (tertiary/aromatic N) is 2. The molecule has 10 nitrogen and oxygen atoms in total. The van der Waals surface area contributed by atoms with Gasteiger partial charge in [-0.1, -0.05) is 124 Å².